The Labute approximate surface area is 145 Å². The summed E-state index contributed by atoms with van der Waals surface area (Å²) >= 11 is 0. The molecular formula is C21H29NO2. The largest absolute Gasteiger partial charge is 0.491 e. The van der Waals surface area contributed by atoms with E-state index in [-0.39, 0.29) is 12.6 Å². The van der Waals surface area contributed by atoms with Gasteiger partial charge in [0.15, 0.2) is 0 Å². The lowest BCUT2D eigenvalue weighted by molar-refractivity contribution is 0.104. The lowest BCUT2D eigenvalue weighted by Gasteiger charge is -2.18. The number of hydrogen-bond donors (Lipinski definition) is 2. The highest BCUT2D eigenvalue weighted by Gasteiger charge is 2.10. The number of benzene rings is 2. The summed E-state index contributed by atoms with van der Waals surface area (Å²) in [6, 6.07) is 16.6. The molecule has 2 rings (SSSR count). The first kappa shape index (κ1) is 18.5. The van der Waals surface area contributed by atoms with Gasteiger partial charge in [0.2, 0.25) is 0 Å². The van der Waals surface area contributed by atoms with Gasteiger partial charge in [-0.2, -0.15) is 0 Å². The summed E-state index contributed by atoms with van der Waals surface area (Å²) in [6.45, 7) is 9.35. The SMILES string of the molecule is Cc1cc(OC[C@@H](O)CN[C@@H](C)c2ccccc2)ccc1C(C)C. The summed E-state index contributed by atoms with van der Waals surface area (Å²) in [5, 5.41) is 13.5. The number of ether oxygens (including phenoxy) is 1. The van der Waals surface area contributed by atoms with Crippen LogP contribution in [0, 0.1) is 6.92 Å². The quantitative estimate of drug-likeness (QED) is 0.763. The lowest BCUT2D eigenvalue weighted by Crippen LogP contribution is -2.33. The van der Waals surface area contributed by atoms with E-state index in [0.29, 0.717) is 12.5 Å². The van der Waals surface area contributed by atoms with Gasteiger partial charge in [-0.15, -0.1) is 0 Å². The average Bonchev–Trinajstić information content (AvgIpc) is 2.58. The van der Waals surface area contributed by atoms with Crippen LogP contribution in [0.15, 0.2) is 48.5 Å². The molecule has 0 bridgehead atoms. The van der Waals surface area contributed by atoms with E-state index < -0.39 is 6.10 Å². The zero-order chi connectivity index (χ0) is 17.5. The number of rotatable bonds is 8. The first-order valence-electron chi connectivity index (χ1n) is 8.67. The van der Waals surface area contributed by atoms with Crippen molar-refractivity contribution in [2.45, 2.75) is 45.8 Å². The molecule has 0 aliphatic carbocycles. The maximum absolute atomic E-state index is 10.1. The topological polar surface area (TPSA) is 41.5 Å². The van der Waals surface area contributed by atoms with Crippen LogP contribution in [-0.4, -0.2) is 24.4 Å². The number of aliphatic hydroxyl groups is 1. The van der Waals surface area contributed by atoms with Gasteiger partial charge >= 0.3 is 0 Å². The summed E-state index contributed by atoms with van der Waals surface area (Å²) < 4.78 is 5.73. The molecule has 130 valence electrons. The van der Waals surface area contributed by atoms with E-state index in [2.05, 4.69) is 51.2 Å². The molecule has 2 atom stereocenters. The Hall–Kier alpha value is -1.84. The fourth-order valence-corrected chi connectivity index (χ4v) is 2.81. The third kappa shape index (κ3) is 5.36. The van der Waals surface area contributed by atoms with Crippen LogP contribution >= 0.6 is 0 Å². The minimum absolute atomic E-state index is 0.202. The molecule has 2 N–H and O–H groups in total. The van der Waals surface area contributed by atoms with Gasteiger partial charge < -0.3 is 15.2 Å². The number of hydrogen-bond acceptors (Lipinski definition) is 3. The van der Waals surface area contributed by atoms with E-state index in [0.717, 1.165) is 5.75 Å². The Morgan fingerprint density at radius 1 is 1.04 bits per heavy atom. The van der Waals surface area contributed by atoms with Crippen molar-refractivity contribution in [3.63, 3.8) is 0 Å². The fraction of sp³-hybridized carbons (Fsp3) is 0.429. The van der Waals surface area contributed by atoms with E-state index in [1.807, 2.05) is 30.3 Å². The van der Waals surface area contributed by atoms with E-state index in [4.69, 9.17) is 4.74 Å². The third-order valence-electron chi connectivity index (χ3n) is 4.26. The van der Waals surface area contributed by atoms with E-state index in [1.165, 1.54) is 16.7 Å². The van der Waals surface area contributed by atoms with Gasteiger partial charge in [-0.1, -0.05) is 50.2 Å². The van der Waals surface area contributed by atoms with Crippen molar-refractivity contribution in [1.82, 2.24) is 5.32 Å². The Balaban J connectivity index is 1.79. The predicted molar refractivity (Wildman–Crippen MR) is 99.6 cm³/mol. The Morgan fingerprint density at radius 2 is 1.75 bits per heavy atom. The molecule has 0 saturated carbocycles. The molecular weight excluding hydrogens is 298 g/mol. The molecule has 0 aromatic heterocycles. The molecule has 0 aliphatic heterocycles. The molecule has 0 saturated heterocycles. The molecule has 3 heteroatoms. The highest BCUT2D eigenvalue weighted by molar-refractivity contribution is 5.36. The molecule has 0 fully saturated rings. The summed E-state index contributed by atoms with van der Waals surface area (Å²) in [5.74, 6) is 1.32. The molecule has 2 aromatic rings. The van der Waals surface area contributed by atoms with Gasteiger partial charge in [-0.25, -0.2) is 0 Å². The smallest absolute Gasteiger partial charge is 0.119 e. The minimum Gasteiger partial charge on any atom is -0.491 e. The van der Waals surface area contributed by atoms with E-state index in [9.17, 15) is 5.11 Å². The molecule has 3 nitrogen and oxygen atoms in total. The summed E-state index contributed by atoms with van der Waals surface area (Å²) in [6.07, 6.45) is -0.541. The van der Waals surface area contributed by atoms with Gasteiger partial charge in [0.25, 0.3) is 0 Å². The normalized spacial score (nSPS) is 13.8. The van der Waals surface area contributed by atoms with Gasteiger partial charge in [0.05, 0.1) is 0 Å². The van der Waals surface area contributed by atoms with Crippen molar-refractivity contribution in [1.29, 1.82) is 0 Å². The van der Waals surface area contributed by atoms with Crippen LogP contribution in [-0.2, 0) is 0 Å². The molecule has 0 spiro atoms. The highest BCUT2D eigenvalue weighted by Crippen LogP contribution is 2.23. The zero-order valence-electron chi connectivity index (χ0n) is 15.1. The maximum Gasteiger partial charge on any atom is 0.119 e. The van der Waals surface area contributed by atoms with Crippen LogP contribution in [0.25, 0.3) is 0 Å². The summed E-state index contributed by atoms with van der Waals surface area (Å²) in [4.78, 5) is 0. The minimum atomic E-state index is -0.541. The second-order valence-electron chi connectivity index (χ2n) is 6.68. The summed E-state index contributed by atoms with van der Waals surface area (Å²) in [7, 11) is 0. The van der Waals surface area contributed by atoms with Crippen LogP contribution in [0.5, 0.6) is 5.75 Å². The Bertz CT molecular complexity index is 625. The van der Waals surface area contributed by atoms with Crippen LogP contribution in [0.3, 0.4) is 0 Å². The molecule has 2 aromatic carbocycles. The molecule has 0 aliphatic rings. The standard InChI is InChI=1S/C21H29NO2/c1-15(2)21-11-10-20(12-16(21)3)24-14-19(23)13-22-17(4)18-8-6-5-7-9-18/h5-12,15,17,19,22-23H,13-14H2,1-4H3/t17-,19-/m0/s1. The third-order valence-corrected chi connectivity index (χ3v) is 4.26. The highest BCUT2D eigenvalue weighted by atomic mass is 16.5. The van der Waals surface area contributed by atoms with Gasteiger partial charge in [0.1, 0.15) is 18.5 Å². The van der Waals surface area contributed by atoms with Crippen molar-refractivity contribution in [3.05, 3.63) is 65.2 Å². The van der Waals surface area contributed by atoms with Crippen molar-refractivity contribution in [2.75, 3.05) is 13.2 Å². The van der Waals surface area contributed by atoms with Gasteiger partial charge in [0, 0.05) is 12.6 Å². The van der Waals surface area contributed by atoms with E-state index >= 15 is 0 Å². The van der Waals surface area contributed by atoms with E-state index in [1.54, 1.807) is 0 Å². The first-order chi connectivity index (χ1) is 11.5. The van der Waals surface area contributed by atoms with Crippen LogP contribution in [0.1, 0.15) is 49.4 Å². The molecule has 0 radical (unpaired) electrons. The molecule has 24 heavy (non-hydrogen) atoms. The summed E-state index contributed by atoms with van der Waals surface area (Å²) in [5.41, 5.74) is 3.78. The van der Waals surface area contributed by atoms with Crippen LogP contribution < -0.4 is 10.1 Å². The van der Waals surface area contributed by atoms with Crippen molar-refractivity contribution in [2.24, 2.45) is 0 Å². The zero-order valence-corrected chi connectivity index (χ0v) is 15.1. The first-order valence-corrected chi connectivity index (χ1v) is 8.67. The number of aryl methyl sites for hydroxylation is 1. The van der Waals surface area contributed by atoms with Gasteiger partial charge in [-0.3, -0.25) is 0 Å². The second kappa shape index (κ2) is 8.86. The monoisotopic (exact) mass is 327 g/mol. The number of nitrogens with one attached hydrogen (secondary N) is 1. The maximum atomic E-state index is 10.1. The lowest BCUT2D eigenvalue weighted by atomic mass is 9.98. The Kier molecular flexibility index (Phi) is 6.83. The van der Waals surface area contributed by atoms with Crippen molar-refractivity contribution < 1.29 is 9.84 Å². The molecule has 0 amide bonds. The average molecular weight is 327 g/mol. The van der Waals surface area contributed by atoms with Crippen LogP contribution in [0.4, 0.5) is 0 Å². The fourth-order valence-electron chi connectivity index (χ4n) is 2.81. The predicted octanol–water partition coefficient (Wildman–Crippen LogP) is 4.21. The van der Waals surface area contributed by atoms with Crippen LogP contribution in [0.2, 0.25) is 0 Å². The number of aliphatic hydroxyl groups excluding tert-OH is 1. The molecule has 0 heterocycles. The van der Waals surface area contributed by atoms with Crippen molar-refractivity contribution >= 4 is 0 Å². The second-order valence-corrected chi connectivity index (χ2v) is 6.68. The molecule has 0 unspecified atom stereocenters. The Morgan fingerprint density at radius 3 is 2.38 bits per heavy atom. The van der Waals surface area contributed by atoms with Gasteiger partial charge in [-0.05, 0) is 48.6 Å². The van der Waals surface area contributed by atoms with Crippen molar-refractivity contribution in [3.8, 4) is 5.75 Å².